The van der Waals surface area contributed by atoms with Crippen molar-refractivity contribution in [2.75, 3.05) is 25.9 Å². The molecule has 0 saturated carbocycles. The third kappa shape index (κ3) is 4.79. The van der Waals surface area contributed by atoms with Gasteiger partial charge in [0.05, 0.1) is 12.8 Å². The third-order valence-electron chi connectivity index (χ3n) is 3.51. The summed E-state index contributed by atoms with van der Waals surface area (Å²) in [6, 6.07) is 7.42. The fraction of sp³-hybridized carbons (Fsp3) is 0.500. The largest absolute Gasteiger partial charge is 0.342 e. The summed E-state index contributed by atoms with van der Waals surface area (Å²) in [5, 5.41) is 0. The van der Waals surface area contributed by atoms with Crippen molar-refractivity contribution in [1.29, 1.82) is 0 Å². The minimum Gasteiger partial charge on any atom is -0.342 e. The van der Waals surface area contributed by atoms with Crippen molar-refractivity contribution in [3.63, 3.8) is 0 Å². The Morgan fingerprint density at radius 1 is 1.24 bits per heavy atom. The van der Waals surface area contributed by atoms with Gasteiger partial charge in [-0.25, -0.2) is 8.42 Å². The first-order valence-electron chi connectivity index (χ1n) is 6.83. The number of rotatable bonds is 5. The maximum atomic E-state index is 12.2. The minimum atomic E-state index is -3.42. The van der Waals surface area contributed by atoms with Crippen LogP contribution >= 0.6 is 15.9 Å². The Morgan fingerprint density at radius 3 is 2.33 bits per heavy atom. The van der Waals surface area contributed by atoms with Gasteiger partial charge < -0.3 is 4.90 Å². The zero-order chi connectivity index (χ0) is 15.5. The van der Waals surface area contributed by atoms with Crippen LogP contribution in [-0.4, -0.2) is 49.4 Å². The normalized spacial score (nSPS) is 15.7. The average Bonchev–Trinajstić information content (AvgIpc) is 2.93. The van der Waals surface area contributed by atoms with Crippen LogP contribution < -0.4 is 0 Å². The molecule has 2 rings (SSSR count). The van der Waals surface area contributed by atoms with E-state index in [-0.39, 0.29) is 19.0 Å². The molecule has 0 atom stereocenters. The van der Waals surface area contributed by atoms with Crippen molar-refractivity contribution < 1.29 is 13.2 Å². The van der Waals surface area contributed by atoms with Crippen molar-refractivity contribution in [2.45, 2.75) is 19.4 Å². The molecule has 0 aromatic heterocycles. The second-order valence-electron chi connectivity index (χ2n) is 5.25. The van der Waals surface area contributed by atoms with Gasteiger partial charge in [-0.05, 0) is 30.5 Å². The molecule has 0 aliphatic carbocycles. The Morgan fingerprint density at radius 2 is 1.81 bits per heavy atom. The first kappa shape index (κ1) is 16.5. The number of likely N-dealkylation sites (tertiary alicyclic amines) is 1. The smallest absolute Gasteiger partial charge is 0.237 e. The number of hydrogen-bond donors (Lipinski definition) is 0. The van der Waals surface area contributed by atoms with E-state index in [4.69, 9.17) is 0 Å². The highest BCUT2D eigenvalue weighted by atomic mass is 79.9. The lowest BCUT2D eigenvalue weighted by Crippen LogP contribution is -2.41. The Hall–Kier alpha value is -0.920. The second-order valence-corrected chi connectivity index (χ2v) is 8.14. The van der Waals surface area contributed by atoms with E-state index in [1.807, 2.05) is 24.3 Å². The molecule has 1 aromatic carbocycles. The molecule has 1 aliphatic rings. The van der Waals surface area contributed by atoms with Crippen LogP contribution in [0.25, 0.3) is 0 Å². The second kappa shape index (κ2) is 6.89. The van der Waals surface area contributed by atoms with Crippen LogP contribution in [0.3, 0.4) is 0 Å². The monoisotopic (exact) mass is 374 g/mol. The van der Waals surface area contributed by atoms with Crippen molar-refractivity contribution in [3.8, 4) is 0 Å². The van der Waals surface area contributed by atoms with Gasteiger partial charge in [-0.3, -0.25) is 4.79 Å². The van der Waals surface area contributed by atoms with Crippen molar-refractivity contribution in [3.05, 3.63) is 34.3 Å². The number of amides is 1. The van der Waals surface area contributed by atoms with E-state index < -0.39 is 10.0 Å². The highest BCUT2D eigenvalue weighted by molar-refractivity contribution is 9.10. The Balaban J connectivity index is 2.07. The number of carbonyl (C=O) groups excluding carboxylic acids is 1. The lowest BCUT2D eigenvalue weighted by Gasteiger charge is -2.23. The van der Waals surface area contributed by atoms with Crippen LogP contribution in [-0.2, 0) is 21.4 Å². The molecule has 0 N–H and O–H groups in total. The van der Waals surface area contributed by atoms with E-state index in [1.54, 1.807) is 4.90 Å². The molecule has 116 valence electrons. The predicted molar refractivity (Wildman–Crippen MR) is 85.2 cm³/mol. The molecule has 0 radical (unpaired) electrons. The summed E-state index contributed by atoms with van der Waals surface area (Å²) in [6.07, 6.45) is 3.14. The summed E-state index contributed by atoms with van der Waals surface area (Å²) in [4.78, 5) is 13.9. The number of halogens is 1. The van der Waals surface area contributed by atoms with Gasteiger partial charge in [0.15, 0.2) is 0 Å². The summed E-state index contributed by atoms with van der Waals surface area (Å²) in [6.45, 7) is 1.59. The van der Waals surface area contributed by atoms with E-state index >= 15 is 0 Å². The first-order valence-corrected chi connectivity index (χ1v) is 9.48. The molecule has 7 heteroatoms. The molecule has 0 unspecified atom stereocenters. The number of benzene rings is 1. The minimum absolute atomic E-state index is 0.0884. The van der Waals surface area contributed by atoms with E-state index in [2.05, 4.69) is 15.9 Å². The molecule has 1 fully saturated rings. The first-order chi connectivity index (χ1) is 9.86. The SMILES string of the molecule is CS(=O)(=O)N(CC(=O)N1CCCC1)Cc1ccc(Br)cc1. The van der Waals surface area contributed by atoms with Crippen molar-refractivity contribution >= 4 is 31.9 Å². The molecule has 1 heterocycles. The summed E-state index contributed by atoms with van der Waals surface area (Å²) in [5.74, 6) is -0.116. The highest BCUT2D eigenvalue weighted by Crippen LogP contribution is 2.15. The summed E-state index contributed by atoms with van der Waals surface area (Å²) >= 11 is 3.34. The van der Waals surface area contributed by atoms with Gasteiger partial charge in [0.2, 0.25) is 15.9 Å². The van der Waals surface area contributed by atoms with E-state index in [0.717, 1.165) is 42.2 Å². The van der Waals surface area contributed by atoms with Crippen LogP contribution in [0.15, 0.2) is 28.7 Å². The standard InChI is InChI=1S/C14H19BrN2O3S/c1-21(19,20)17(10-12-4-6-13(15)7-5-12)11-14(18)16-8-2-3-9-16/h4-7H,2-3,8-11H2,1H3. The highest BCUT2D eigenvalue weighted by Gasteiger charge is 2.25. The Kier molecular flexibility index (Phi) is 5.40. The quantitative estimate of drug-likeness (QED) is 0.789. The maximum Gasteiger partial charge on any atom is 0.237 e. The molecule has 0 bridgehead atoms. The lowest BCUT2D eigenvalue weighted by atomic mass is 10.2. The van der Waals surface area contributed by atoms with Crippen LogP contribution in [0, 0.1) is 0 Å². The fourth-order valence-corrected chi connectivity index (χ4v) is 3.29. The average molecular weight is 375 g/mol. The summed E-state index contributed by atoms with van der Waals surface area (Å²) in [5.41, 5.74) is 0.859. The molecule has 1 aromatic rings. The molecule has 5 nitrogen and oxygen atoms in total. The number of sulfonamides is 1. The zero-order valence-electron chi connectivity index (χ0n) is 12.0. The molecular weight excluding hydrogens is 356 g/mol. The zero-order valence-corrected chi connectivity index (χ0v) is 14.4. The number of hydrogen-bond acceptors (Lipinski definition) is 3. The number of nitrogens with zero attached hydrogens (tertiary/aromatic N) is 2. The molecule has 1 amide bonds. The van der Waals surface area contributed by atoms with Crippen LogP contribution in [0.2, 0.25) is 0 Å². The van der Waals surface area contributed by atoms with Crippen molar-refractivity contribution in [1.82, 2.24) is 9.21 Å². The van der Waals surface area contributed by atoms with E-state index in [1.165, 1.54) is 4.31 Å². The van der Waals surface area contributed by atoms with E-state index in [0.29, 0.717) is 0 Å². The van der Waals surface area contributed by atoms with Gasteiger partial charge in [0.25, 0.3) is 0 Å². The molecule has 1 aliphatic heterocycles. The molecule has 0 spiro atoms. The predicted octanol–water partition coefficient (Wildman–Crippen LogP) is 1.83. The lowest BCUT2D eigenvalue weighted by molar-refractivity contribution is -0.130. The van der Waals surface area contributed by atoms with E-state index in [9.17, 15) is 13.2 Å². The van der Waals surface area contributed by atoms with Crippen molar-refractivity contribution in [2.24, 2.45) is 0 Å². The molecule has 21 heavy (non-hydrogen) atoms. The summed E-state index contributed by atoms with van der Waals surface area (Å²) < 4.78 is 26.0. The van der Waals surface area contributed by atoms with Gasteiger partial charge in [0, 0.05) is 24.1 Å². The van der Waals surface area contributed by atoms with Gasteiger partial charge >= 0.3 is 0 Å². The van der Waals surface area contributed by atoms with Gasteiger partial charge in [-0.15, -0.1) is 0 Å². The van der Waals surface area contributed by atoms with Crippen LogP contribution in [0.5, 0.6) is 0 Å². The Labute approximate surface area is 134 Å². The molecular formula is C14H19BrN2O3S. The summed E-state index contributed by atoms with van der Waals surface area (Å²) in [7, 11) is -3.42. The van der Waals surface area contributed by atoms with Crippen LogP contribution in [0.4, 0.5) is 0 Å². The third-order valence-corrected chi connectivity index (χ3v) is 5.24. The fourth-order valence-electron chi connectivity index (χ4n) is 2.30. The Bertz CT molecular complexity index is 595. The topological polar surface area (TPSA) is 57.7 Å². The van der Waals surface area contributed by atoms with Crippen LogP contribution in [0.1, 0.15) is 18.4 Å². The number of carbonyl (C=O) groups is 1. The van der Waals surface area contributed by atoms with Gasteiger partial charge in [0.1, 0.15) is 0 Å². The molecule has 1 saturated heterocycles. The van der Waals surface area contributed by atoms with Gasteiger partial charge in [-0.1, -0.05) is 28.1 Å². The van der Waals surface area contributed by atoms with Gasteiger partial charge in [-0.2, -0.15) is 4.31 Å². The maximum absolute atomic E-state index is 12.2.